The van der Waals surface area contributed by atoms with Crippen LogP contribution in [0.2, 0.25) is 0 Å². The summed E-state index contributed by atoms with van der Waals surface area (Å²) >= 11 is 0. The van der Waals surface area contributed by atoms with Crippen molar-refractivity contribution in [3.8, 4) is 11.5 Å². The highest BCUT2D eigenvalue weighted by atomic mass is 19.1. The first-order chi connectivity index (χ1) is 9.33. The van der Waals surface area contributed by atoms with Crippen molar-refractivity contribution in [2.75, 3.05) is 6.54 Å². The number of nitrogens with one attached hydrogen (secondary N) is 1. The Morgan fingerprint density at radius 3 is 2.89 bits per heavy atom. The fourth-order valence-corrected chi connectivity index (χ4v) is 2.69. The predicted octanol–water partition coefficient (Wildman–Crippen LogP) is 1.53. The highest BCUT2D eigenvalue weighted by Crippen LogP contribution is 2.41. The molecule has 0 radical (unpaired) electrons. The summed E-state index contributed by atoms with van der Waals surface area (Å²) in [5.74, 6) is 2.09. The summed E-state index contributed by atoms with van der Waals surface area (Å²) in [6.07, 6.45) is 3.74. The highest BCUT2D eigenvalue weighted by Gasteiger charge is 2.37. The van der Waals surface area contributed by atoms with Crippen molar-refractivity contribution in [3.63, 3.8) is 0 Å². The maximum Gasteiger partial charge on any atom is 0.182 e. The van der Waals surface area contributed by atoms with E-state index < -0.39 is 0 Å². The molecule has 1 aliphatic heterocycles. The molecule has 6 heteroatoms. The Morgan fingerprint density at radius 1 is 1.26 bits per heavy atom. The SMILES string of the molecule is Fc1ccc(-c2nnc3n2CCNC3C2CC2)nc1. The van der Waals surface area contributed by atoms with Gasteiger partial charge in [0.1, 0.15) is 11.5 Å². The fraction of sp³-hybridized carbons (Fsp3) is 0.462. The minimum atomic E-state index is -0.334. The molecular weight excluding hydrogens is 245 g/mol. The molecule has 98 valence electrons. The Bertz CT molecular complexity index is 602. The van der Waals surface area contributed by atoms with Crippen molar-refractivity contribution >= 4 is 0 Å². The van der Waals surface area contributed by atoms with Gasteiger partial charge in [-0.1, -0.05) is 0 Å². The van der Waals surface area contributed by atoms with Gasteiger partial charge in [0.15, 0.2) is 11.6 Å². The van der Waals surface area contributed by atoms with Crippen molar-refractivity contribution in [3.05, 3.63) is 30.0 Å². The second-order valence-corrected chi connectivity index (χ2v) is 5.16. The Kier molecular flexibility index (Phi) is 2.38. The molecule has 2 aliphatic rings. The number of halogens is 1. The second kappa shape index (κ2) is 4.09. The first-order valence-electron chi connectivity index (χ1n) is 6.61. The largest absolute Gasteiger partial charge is 0.307 e. The maximum absolute atomic E-state index is 12.9. The van der Waals surface area contributed by atoms with Gasteiger partial charge in [-0.3, -0.25) is 0 Å². The monoisotopic (exact) mass is 259 g/mol. The van der Waals surface area contributed by atoms with Gasteiger partial charge in [-0.25, -0.2) is 9.37 Å². The second-order valence-electron chi connectivity index (χ2n) is 5.16. The van der Waals surface area contributed by atoms with E-state index in [4.69, 9.17) is 0 Å². The normalized spacial score (nSPS) is 22.3. The van der Waals surface area contributed by atoms with E-state index in [0.717, 1.165) is 24.7 Å². The molecule has 1 unspecified atom stereocenters. The smallest absolute Gasteiger partial charge is 0.182 e. The van der Waals surface area contributed by atoms with Gasteiger partial charge in [0.25, 0.3) is 0 Å². The van der Waals surface area contributed by atoms with Crippen LogP contribution in [0.3, 0.4) is 0 Å². The van der Waals surface area contributed by atoms with Crippen LogP contribution in [-0.4, -0.2) is 26.3 Å². The van der Waals surface area contributed by atoms with Crippen LogP contribution in [0, 0.1) is 11.7 Å². The van der Waals surface area contributed by atoms with Crippen molar-refractivity contribution in [1.29, 1.82) is 0 Å². The molecule has 2 aromatic rings. The third kappa shape index (κ3) is 1.83. The van der Waals surface area contributed by atoms with Gasteiger partial charge < -0.3 is 9.88 Å². The number of hydrogen-bond acceptors (Lipinski definition) is 4. The lowest BCUT2D eigenvalue weighted by molar-refractivity contribution is 0.383. The van der Waals surface area contributed by atoms with Gasteiger partial charge in [0.05, 0.1) is 12.2 Å². The van der Waals surface area contributed by atoms with Crippen LogP contribution in [0.15, 0.2) is 18.3 Å². The number of hydrogen-bond donors (Lipinski definition) is 1. The van der Waals surface area contributed by atoms with Crippen molar-refractivity contribution < 1.29 is 4.39 Å². The summed E-state index contributed by atoms with van der Waals surface area (Å²) in [5.41, 5.74) is 0.677. The van der Waals surface area contributed by atoms with Crippen LogP contribution >= 0.6 is 0 Å². The van der Waals surface area contributed by atoms with Crippen LogP contribution in [0.5, 0.6) is 0 Å². The lowest BCUT2D eigenvalue weighted by Crippen LogP contribution is -2.35. The van der Waals surface area contributed by atoms with Gasteiger partial charge in [0.2, 0.25) is 0 Å². The quantitative estimate of drug-likeness (QED) is 0.888. The molecule has 0 amide bonds. The van der Waals surface area contributed by atoms with Gasteiger partial charge in [-0.05, 0) is 30.9 Å². The Balaban J connectivity index is 1.76. The number of nitrogens with zero attached hydrogens (tertiary/aromatic N) is 4. The Hall–Kier alpha value is -1.82. The van der Waals surface area contributed by atoms with E-state index in [1.54, 1.807) is 6.07 Å². The molecule has 0 spiro atoms. The molecule has 0 aromatic carbocycles. The lowest BCUT2D eigenvalue weighted by atomic mass is 10.1. The zero-order chi connectivity index (χ0) is 12.8. The molecule has 5 nitrogen and oxygen atoms in total. The standard InChI is InChI=1S/C13H14FN5/c14-9-3-4-10(16-7-9)12-17-18-13-11(8-1-2-8)15-5-6-19(12)13/h3-4,7-8,11,15H,1-2,5-6H2. The zero-order valence-electron chi connectivity index (χ0n) is 10.4. The van der Waals surface area contributed by atoms with E-state index in [1.807, 2.05) is 0 Å². The summed E-state index contributed by atoms with van der Waals surface area (Å²) in [4.78, 5) is 4.10. The Labute approximate surface area is 109 Å². The summed E-state index contributed by atoms with van der Waals surface area (Å²) in [5, 5.41) is 12.1. The molecule has 1 aliphatic carbocycles. The van der Waals surface area contributed by atoms with E-state index in [1.165, 1.54) is 25.1 Å². The third-order valence-electron chi connectivity index (χ3n) is 3.81. The molecule has 0 bridgehead atoms. The molecule has 19 heavy (non-hydrogen) atoms. The average Bonchev–Trinajstić information content (AvgIpc) is 3.19. The predicted molar refractivity (Wildman–Crippen MR) is 66.7 cm³/mol. The van der Waals surface area contributed by atoms with E-state index in [-0.39, 0.29) is 5.82 Å². The van der Waals surface area contributed by atoms with Crippen molar-refractivity contribution in [2.45, 2.75) is 25.4 Å². The molecule has 2 aromatic heterocycles. The van der Waals surface area contributed by atoms with E-state index in [0.29, 0.717) is 17.7 Å². The van der Waals surface area contributed by atoms with Crippen LogP contribution in [0.4, 0.5) is 4.39 Å². The van der Waals surface area contributed by atoms with Crippen LogP contribution in [-0.2, 0) is 6.54 Å². The van der Waals surface area contributed by atoms with E-state index in [2.05, 4.69) is 25.1 Å². The maximum atomic E-state index is 12.9. The highest BCUT2D eigenvalue weighted by molar-refractivity contribution is 5.49. The van der Waals surface area contributed by atoms with Crippen molar-refractivity contribution in [2.24, 2.45) is 5.92 Å². The van der Waals surface area contributed by atoms with Crippen molar-refractivity contribution in [1.82, 2.24) is 25.1 Å². The molecule has 1 saturated carbocycles. The molecule has 4 rings (SSSR count). The van der Waals surface area contributed by atoms with E-state index >= 15 is 0 Å². The molecule has 1 atom stereocenters. The van der Waals surface area contributed by atoms with Gasteiger partial charge in [-0.2, -0.15) is 0 Å². The van der Waals surface area contributed by atoms with Crippen LogP contribution < -0.4 is 5.32 Å². The first kappa shape index (κ1) is 11.0. The number of rotatable bonds is 2. The van der Waals surface area contributed by atoms with Crippen LogP contribution in [0.25, 0.3) is 11.5 Å². The molecule has 1 fully saturated rings. The minimum absolute atomic E-state index is 0.315. The Morgan fingerprint density at radius 2 is 2.16 bits per heavy atom. The first-order valence-corrected chi connectivity index (χ1v) is 6.61. The lowest BCUT2D eigenvalue weighted by Gasteiger charge is -2.24. The minimum Gasteiger partial charge on any atom is -0.307 e. The van der Waals surface area contributed by atoms with Gasteiger partial charge in [-0.15, -0.1) is 10.2 Å². The van der Waals surface area contributed by atoms with Gasteiger partial charge >= 0.3 is 0 Å². The average molecular weight is 259 g/mol. The van der Waals surface area contributed by atoms with E-state index in [9.17, 15) is 4.39 Å². The number of aromatic nitrogens is 4. The molecule has 0 saturated heterocycles. The van der Waals surface area contributed by atoms with Crippen LogP contribution in [0.1, 0.15) is 24.7 Å². The summed E-state index contributed by atoms with van der Waals surface area (Å²) in [6, 6.07) is 3.37. The third-order valence-corrected chi connectivity index (χ3v) is 3.81. The van der Waals surface area contributed by atoms with Gasteiger partial charge in [0, 0.05) is 13.1 Å². The number of fused-ring (bicyclic) bond motifs is 1. The summed E-state index contributed by atoms with van der Waals surface area (Å²) < 4.78 is 15.0. The summed E-state index contributed by atoms with van der Waals surface area (Å²) in [6.45, 7) is 1.75. The zero-order valence-corrected chi connectivity index (χ0v) is 10.4. The topological polar surface area (TPSA) is 55.6 Å². The summed E-state index contributed by atoms with van der Waals surface area (Å²) in [7, 11) is 0. The molecule has 1 N–H and O–H groups in total. The fourth-order valence-electron chi connectivity index (χ4n) is 2.69. The molecular formula is C13H14FN5. The number of pyridine rings is 1. The molecule has 3 heterocycles.